The van der Waals surface area contributed by atoms with Gasteiger partial charge in [0.15, 0.2) is 9.47 Å². The van der Waals surface area contributed by atoms with Crippen molar-refractivity contribution >= 4 is 60.8 Å². The summed E-state index contributed by atoms with van der Waals surface area (Å²) in [6.07, 6.45) is 0.916. The van der Waals surface area contributed by atoms with Crippen LogP contribution in [0.25, 0.3) is 10.2 Å². The molecule has 7 nitrogen and oxygen atoms in total. The number of thiazole rings is 1. The van der Waals surface area contributed by atoms with E-state index in [4.69, 9.17) is 4.74 Å². The summed E-state index contributed by atoms with van der Waals surface area (Å²) in [6, 6.07) is 15.9. The van der Waals surface area contributed by atoms with E-state index in [1.54, 1.807) is 7.11 Å². The van der Waals surface area contributed by atoms with Crippen molar-refractivity contribution in [2.24, 2.45) is 0 Å². The smallest absolute Gasteiger partial charge is 0.236 e. The van der Waals surface area contributed by atoms with E-state index in [1.165, 1.54) is 40.0 Å². The molecule has 4 aromatic rings. The quantitative estimate of drug-likeness (QED) is 0.357. The molecule has 0 saturated heterocycles. The number of fused-ring (bicyclic) bond motifs is 1. The standard InChI is InChI=1S/C20H19N5O2S3/c1-27-14-7-8-15-16(11-14)29-19(22-15)23-17(26)12-28-20-25-24-18(30-20)21-10-9-13-5-3-2-4-6-13/h2-8,11H,9-10,12H2,1H3,(H,21,24)(H,22,23,26). The lowest BCUT2D eigenvalue weighted by atomic mass is 10.2. The summed E-state index contributed by atoms with van der Waals surface area (Å²) in [6.45, 7) is 0.784. The molecule has 2 N–H and O–H groups in total. The van der Waals surface area contributed by atoms with E-state index in [-0.39, 0.29) is 11.7 Å². The average molecular weight is 458 g/mol. The highest BCUT2D eigenvalue weighted by atomic mass is 32.2. The monoisotopic (exact) mass is 457 g/mol. The zero-order valence-corrected chi connectivity index (χ0v) is 18.6. The second kappa shape index (κ2) is 9.88. The molecule has 0 saturated carbocycles. The van der Waals surface area contributed by atoms with Gasteiger partial charge in [0.2, 0.25) is 11.0 Å². The SMILES string of the molecule is COc1ccc2nc(NC(=O)CSc3nnc(NCCc4ccccc4)s3)sc2c1. The Kier molecular flexibility index (Phi) is 6.77. The topological polar surface area (TPSA) is 89.0 Å². The van der Waals surface area contributed by atoms with Crippen LogP contribution in [0.2, 0.25) is 0 Å². The Morgan fingerprint density at radius 2 is 1.97 bits per heavy atom. The van der Waals surface area contributed by atoms with E-state index in [0.717, 1.165) is 38.4 Å². The van der Waals surface area contributed by atoms with Crippen LogP contribution in [0, 0.1) is 0 Å². The predicted molar refractivity (Wildman–Crippen MR) is 124 cm³/mol. The van der Waals surface area contributed by atoms with E-state index in [1.807, 2.05) is 36.4 Å². The lowest BCUT2D eigenvalue weighted by Gasteiger charge is -2.01. The zero-order valence-electron chi connectivity index (χ0n) is 16.1. The van der Waals surface area contributed by atoms with Crippen molar-refractivity contribution in [3.63, 3.8) is 0 Å². The third-order valence-electron chi connectivity index (χ3n) is 4.11. The molecule has 2 heterocycles. The van der Waals surface area contributed by atoms with E-state index in [0.29, 0.717) is 5.13 Å². The van der Waals surface area contributed by atoms with Gasteiger partial charge in [0.1, 0.15) is 5.75 Å². The fourth-order valence-electron chi connectivity index (χ4n) is 2.67. The lowest BCUT2D eigenvalue weighted by molar-refractivity contribution is -0.113. The number of anilines is 2. The number of aromatic nitrogens is 3. The fourth-order valence-corrected chi connectivity index (χ4v) is 5.15. The van der Waals surface area contributed by atoms with E-state index >= 15 is 0 Å². The van der Waals surface area contributed by atoms with Crippen LogP contribution in [0.5, 0.6) is 5.75 Å². The predicted octanol–water partition coefficient (Wildman–Crippen LogP) is 4.54. The molecule has 2 aromatic carbocycles. The van der Waals surface area contributed by atoms with Gasteiger partial charge in [-0.25, -0.2) is 4.98 Å². The number of methoxy groups -OCH3 is 1. The number of nitrogens with one attached hydrogen (secondary N) is 2. The summed E-state index contributed by atoms with van der Waals surface area (Å²) in [5.41, 5.74) is 2.10. The maximum absolute atomic E-state index is 12.3. The van der Waals surface area contributed by atoms with E-state index in [9.17, 15) is 4.79 Å². The van der Waals surface area contributed by atoms with Gasteiger partial charge in [0, 0.05) is 6.54 Å². The summed E-state index contributed by atoms with van der Waals surface area (Å²) in [4.78, 5) is 16.7. The van der Waals surface area contributed by atoms with Crippen LogP contribution in [-0.2, 0) is 11.2 Å². The highest BCUT2D eigenvalue weighted by Gasteiger charge is 2.11. The summed E-state index contributed by atoms with van der Waals surface area (Å²) >= 11 is 4.23. The fraction of sp³-hybridized carbons (Fsp3) is 0.200. The molecule has 0 unspecified atom stereocenters. The number of hydrogen-bond donors (Lipinski definition) is 2. The first-order chi connectivity index (χ1) is 14.7. The van der Waals surface area contributed by atoms with Crippen LogP contribution in [0.4, 0.5) is 10.3 Å². The Hall–Kier alpha value is -2.69. The van der Waals surface area contributed by atoms with Crippen LogP contribution in [0.1, 0.15) is 5.56 Å². The Morgan fingerprint density at radius 3 is 2.80 bits per heavy atom. The van der Waals surface area contributed by atoms with Gasteiger partial charge in [-0.05, 0) is 30.2 Å². The number of nitrogens with zero attached hydrogens (tertiary/aromatic N) is 3. The number of amides is 1. The number of rotatable bonds is 9. The lowest BCUT2D eigenvalue weighted by Crippen LogP contribution is -2.13. The van der Waals surface area contributed by atoms with Crippen LogP contribution in [-0.4, -0.2) is 40.5 Å². The summed E-state index contributed by atoms with van der Waals surface area (Å²) in [5.74, 6) is 0.890. The molecule has 0 radical (unpaired) electrons. The molecular formula is C20H19N5O2S3. The van der Waals surface area contributed by atoms with Gasteiger partial charge in [-0.3, -0.25) is 4.79 Å². The Morgan fingerprint density at radius 1 is 1.10 bits per heavy atom. The van der Waals surface area contributed by atoms with E-state index in [2.05, 4.69) is 37.9 Å². The molecule has 0 atom stereocenters. The molecular weight excluding hydrogens is 438 g/mol. The maximum atomic E-state index is 12.3. The normalized spacial score (nSPS) is 10.8. The summed E-state index contributed by atoms with van der Waals surface area (Å²) < 4.78 is 6.94. The Labute approximate surface area is 185 Å². The molecule has 0 bridgehead atoms. The first-order valence-electron chi connectivity index (χ1n) is 9.18. The highest BCUT2D eigenvalue weighted by Crippen LogP contribution is 2.30. The highest BCUT2D eigenvalue weighted by molar-refractivity contribution is 8.01. The molecule has 0 aliphatic heterocycles. The Bertz CT molecular complexity index is 1130. The minimum atomic E-state index is -0.125. The molecule has 10 heteroatoms. The molecule has 0 aliphatic carbocycles. The minimum Gasteiger partial charge on any atom is -0.497 e. The molecule has 0 aliphatic rings. The first kappa shape index (κ1) is 20.6. The van der Waals surface area contributed by atoms with Gasteiger partial charge < -0.3 is 15.4 Å². The molecule has 0 fully saturated rings. The van der Waals surface area contributed by atoms with Crippen molar-refractivity contribution in [3.05, 3.63) is 54.1 Å². The third kappa shape index (κ3) is 5.47. The van der Waals surface area contributed by atoms with Crippen molar-refractivity contribution in [1.29, 1.82) is 0 Å². The van der Waals surface area contributed by atoms with Crippen LogP contribution >= 0.6 is 34.4 Å². The number of hydrogen-bond acceptors (Lipinski definition) is 9. The van der Waals surface area contributed by atoms with Gasteiger partial charge in [-0.15, -0.1) is 10.2 Å². The van der Waals surface area contributed by atoms with Gasteiger partial charge in [0.25, 0.3) is 0 Å². The minimum absolute atomic E-state index is 0.125. The molecule has 1 amide bonds. The molecule has 2 aromatic heterocycles. The molecule has 154 valence electrons. The molecule has 0 spiro atoms. The van der Waals surface area contributed by atoms with Crippen LogP contribution in [0.3, 0.4) is 0 Å². The summed E-state index contributed by atoms with van der Waals surface area (Å²) in [7, 11) is 1.62. The van der Waals surface area contributed by atoms with Crippen LogP contribution in [0.15, 0.2) is 52.9 Å². The largest absolute Gasteiger partial charge is 0.497 e. The van der Waals surface area contributed by atoms with Crippen molar-refractivity contribution in [2.45, 2.75) is 10.8 Å². The average Bonchev–Trinajstić information content (AvgIpc) is 3.38. The second-order valence-electron chi connectivity index (χ2n) is 6.23. The van der Waals surface area contributed by atoms with Crippen molar-refractivity contribution in [3.8, 4) is 5.75 Å². The number of ether oxygens (including phenoxy) is 1. The number of carbonyl (C=O) groups is 1. The number of thioether (sulfide) groups is 1. The summed E-state index contributed by atoms with van der Waals surface area (Å²) in [5, 5.41) is 15.7. The van der Waals surface area contributed by atoms with Gasteiger partial charge >= 0.3 is 0 Å². The Balaban J connectivity index is 1.24. The van der Waals surface area contributed by atoms with Crippen molar-refractivity contribution in [2.75, 3.05) is 30.0 Å². The third-order valence-corrected chi connectivity index (χ3v) is 7.06. The molecule has 30 heavy (non-hydrogen) atoms. The van der Waals surface area contributed by atoms with Crippen molar-refractivity contribution in [1.82, 2.24) is 15.2 Å². The van der Waals surface area contributed by atoms with Gasteiger partial charge in [-0.2, -0.15) is 0 Å². The number of benzene rings is 2. The van der Waals surface area contributed by atoms with Crippen molar-refractivity contribution < 1.29 is 9.53 Å². The second-order valence-corrected chi connectivity index (χ2v) is 9.46. The van der Waals surface area contributed by atoms with E-state index < -0.39 is 0 Å². The maximum Gasteiger partial charge on any atom is 0.236 e. The van der Waals surface area contributed by atoms with Crippen LogP contribution < -0.4 is 15.4 Å². The van der Waals surface area contributed by atoms with Gasteiger partial charge in [-0.1, -0.05) is 64.8 Å². The van der Waals surface area contributed by atoms with Gasteiger partial charge in [0.05, 0.1) is 23.1 Å². The first-order valence-corrected chi connectivity index (χ1v) is 11.8. The molecule has 4 rings (SSSR count). The number of carbonyl (C=O) groups excluding carboxylic acids is 1. The zero-order chi connectivity index (χ0) is 20.8.